The molecule has 1 amide bonds. The van der Waals surface area contributed by atoms with E-state index in [0.29, 0.717) is 13.1 Å². The molecular weight excluding hydrogens is 218 g/mol. The summed E-state index contributed by atoms with van der Waals surface area (Å²) in [6.07, 6.45) is 3.84. The van der Waals surface area contributed by atoms with Crippen LogP contribution in [0, 0.1) is 0 Å². The Balaban J connectivity index is 2.05. The number of hydrogen-bond donors (Lipinski definition) is 0. The van der Waals surface area contributed by atoms with Gasteiger partial charge in [0, 0.05) is 12.7 Å². The quantitative estimate of drug-likeness (QED) is 0.687. The third-order valence-electron chi connectivity index (χ3n) is 2.52. The zero-order chi connectivity index (χ0) is 12.5. The topological polar surface area (TPSA) is 55.3 Å². The number of carbonyl (C=O) groups is 1. The highest BCUT2D eigenvalue weighted by Crippen LogP contribution is 2.18. The lowest BCUT2D eigenvalue weighted by atomic mass is 10.1. The first-order valence-electron chi connectivity index (χ1n) is 5.71. The minimum absolute atomic E-state index is 0.276. The lowest BCUT2D eigenvalue weighted by molar-refractivity contribution is 0.0220. The van der Waals surface area contributed by atoms with Gasteiger partial charge >= 0.3 is 6.09 Å². The van der Waals surface area contributed by atoms with Crippen molar-refractivity contribution < 1.29 is 9.53 Å². The average Bonchev–Trinajstić information content (AvgIpc) is 2.26. The van der Waals surface area contributed by atoms with Gasteiger partial charge in [-0.05, 0) is 32.8 Å². The van der Waals surface area contributed by atoms with Crippen LogP contribution >= 0.6 is 0 Å². The Morgan fingerprint density at radius 3 is 2.94 bits per heavy atom. The number of rotatable bonds is 0. The van der Waals surface area contributed by atoms with E-state index in [1.54, 1.807) is 4.90 Å². The molecule has 5 nitrogen and oxygen atoms in total. The Kier molecular flexibility index (Phi) is 3.00. The molecular formula is C12H17N3O2. The van der Waals surface area contributed by atoms with Crippen LogP contribution in [0.2, 0.25) is 0 Å². The molecule has 0 atom stereocenters. The van der Waals surface area contributed by atoms with E-state index >= 15 is 0 Å². The van der Waals surface area contributed by atoms with Crippen LogP contribution in [0.4, 0.5) is 4.79 Å². The van der Waals surface area contributed by atoms with Crippen LogP contribution < -0.4 is 0 Å². The molecule has 0 bridgehead atoms. The Bertz CT molecular complexity index is 426. The second kappa shape index (κ2) is 4.31. The van der Waals surface area contributed by atoms with Crippen molar-refractivity contribution in [2.75, 3.05) is 6.54 Å². The van der Waals surface area contributed by atoms with Crippen LogP contribution in [-0.2, 0) is 17.7 Å². The third-order valence-corrected chi connectivity index (χ3v) is 2.52. The first-order valence-corrected chi connectivity index (χ1v) is 5.71. The van der Waals surface area contributed by atoms with E-state index in [1.165, 1.54) is 6.33 Å². The van der Waals surface area contributed by atoms with Gasteiger partial charge in [-0.15, -0.1) is 0 Å². The van der Waals surface area contributed by atoms with Crippen LogP contribution in [-0.4, -0.2) is 33.1 Å². The highest BCUT2D eigenvalue weighted by atomic mass is 16.6. The van der Waals surface area contributed by atoms with E-state index in [0.717, 1.165) is 17.7 Å². The van der Waals surface area contributed by atoms with Crippen molar-refractivity contribution in [3.05, 3.63) is 23.8 Å². The first kappa shape index (κ1) is 11.8. The van der Waals surface area contributed by atoms with Crippen molar-refractivity contribution in [2.45, 2.75) is 39.3 Å². The van der Waals surface area contributed by atoms with Gasteiger partial charge in [0.15, 0.2) is 0 Å². The van der Waals surface area contributed by atoms with Gasteiger partial charge < -0.3 is 9.64 Å². The fourth-order valence-corrected chi connectivity index (χ4v) is 1.73. The molecule has 1 aliphatic heterocycles. The fourth-order valence-electron chi connectivity index (χ4n) is 1.73. The Labute approximate surface area is 101 Å². The fraction of sp³-hybridized carbons (Fsp3) is 0.583. The lowest BCUT2D eigenvalue weighted by Crippen LogP contribution is -2.40. The van der Waals surface area contributed by atoms with Crippen LogP contribution in [0.5, 0.6) is 0 Å². The monoisotopic (exact) mass is 235 g/mol. The molecule has 0 aromatic carbocycles. The molecule has 2 rings (SSSR count). The minimum Gasteiger partial charge on any atom is -0.444 e. The zero-order valence-electron chi connectivity index (χ0n) is 10.4. The third kappa shape index (κ3) is 2.93. The number of nitrogens with zero attached hydrogens (tertiary/aromatic N) is 3. The lowest BCUT2D eigenvalue weighted by Gasteiger charge is -2.30. The molecule has 1 aromatic rings. The van der Waals surface area contributed by atoms with Crippen LogP contribution in [0.15, 0.2) is 12.5 Å². The van der Waals surface area contributed by atoms with Gasteiger partial charge in [-0.1, -0.05) is 0 Å². The standard InChI is InChI=1S/C12H17N3O2/c1-12(2,3)17-11(16)15-5-4-9-6-13-8-14-10(9)7-15/h6,8H,4-5,7H2,1-3H3. The maximum absolute atomic E-state index is 11.9. The van der Waals surface area contributed by atoms with Crippen LogP contribution in [0.25, 0.3) is 0 Å². The molecule has 2 heterocycles. The molecule has 0 aliphatic carbocycles. The van der Waals surface area contributed by atoms with E-state index in [9.17, 15) is 4.79 Å². The normalized spacial score (nSPS) is 15.4. The predicted molar refractivity (Wildman–Crippen MR) is 62.4 cm³/mol. The summed E-state index contributed by atoms with van der Waals surface area (Å²) in [4.78, 5) is 21.7. The van der Waals surface area contributed by atoms with Crippen molar-refractivity contribution >= 4 is 6.09 Å². The van der Waals surface area contributed by atoms with E-state index in [4.69, 9.17) is 4.74 Å². The summed E-state index contributed by atoms with van der Waals surface area (Å²) in [5.74, 6) is 0. The molecule has 92 valence electrons. The van der Waals surface area contributed by atoms with E-state index < -0.39 is 5.60 Å². The molecule has 17 heavy (non-hydrogen) atoms. The molecule has 0 fully saturated rings. The molecule has 0 radical (unpaired) electrons. The van der Waals surface area contributed by atoms with E-state index in [1.807, 2.05) is 27.0 Å². The summed E-state index contributed by atoms with van der Waals surface area (Å²) >= 11 is 0. The molecule has 0 N–H and O–H groups in total. The summed E-state index contributed by atoms with van der Waals surface area (Å²) in [5, 5.41) is 0. The second-order valence-electron chi connectivity index (χ2n) is 5.15. The average molecular weight is 235 g/mol. The summed E-state index contributed by atoms with van der Waals surface area (Å²) in [6.45, 7) is 6.77. The van der Waals surface area contributed by atoms with Gasteiger partial charge in [-0.2, -0.15) is 0 Å². The van der Waals surface area contributed by atoms with Gasteiger partial charge in [-0.3, -0.25) is 0 Å². The number of aromatic nitrogens is 2. The Morgan fingerprint density at radius 2 is 2.24 bits per heavy atom. The van der Waals surface area contributed by atoms with Crippen molar-refractivity contribution in [1.29, 1.82) is 0 Å². The Hall–Kier alpha value is -1.65. The summed E-state index contributed by atoms with van der Waals surface area (Å²) in [7, 11) is 0. The first-order chi connectivity index (χ1) is 7.96. The smallest absolute Gasteiger partial charge is 0.410 e. The largest absolute Gasteiger partial charge is 0.444 e. The Morgan fingerprint density at radius 1 is 1.47 bits per heavy atom. The van der Waals surface area contributed by atoms with Gasteiger partial charge in [0.25, 0.3) is 0 Å². The summed E-state index contributed by atoms with van der Waals surface area (Å²) in [6, 6.07) is 0. The number of carbonyl (C=O) groups excluding carboxylic acids is 1. The number of amides is 1. The maximum Gasteiger partial charge on any atom is 0.410 e. The molecule has 1 aliphatic rings. The van der Waals surface area contributed by atoms with Crippen LogP contribution in [0.1, 0.15) is 32.0 Å². The highest BCUT2D eigenvalue weighted by molar-refractivity contribution is 5.68. The van der Waals surface area contributed by atoms with Crippen molar-refractivity contribution in [3.63, 3.8) is 0 Å². The predicted octanol–water partition coefficient (Wildman–Crippen LogP) is 1.77. The van der Waals surface area contributed by atoms with E-state index in [2.05, 4.69) is 9.97 Å². The molecule has 5 heteroatoms. The number of ether oxygens (including phenoxy) is 1. The van der Waals surface area contributed by atoms with Crippen molar-refractivity contribution in [1.82, 2.24) is 14.9 Å². The maximum atomic E-state index is 11.9. The second-order valence-corrected chi connectivity index (χ2v) is 5.15. The van der Waals surface area contributed by atoms with Gasteiger partial charge in [-0.25, -0.2) is 14.8 Å². The van der Waals surface area contributed by atoms with Crippen LogP contribution in [0.3, 0.4) is 0 Å². The number of fused-ring (bicyclic) bond motifs is 1. The molecule has 1 aromatic heterocycles. The summed E-state index contributed by atoms with van der Waals surface area (Å²) < 4.78 is 5.34. The van der Waals surface area contributed by atoms with Gasteiger partial charge in [0.2, 0.25) is 0 Å². The summed E-state index contributed by atoms with van der Waals surface area (Å²) in [5.41, 5.74) is 1.58. The minimum atomic E-state index is -0.455. The van der Waals surface area contributed by atoms with E-state index in [-0.39, 0.29) is 6.09 Å². The van der Waals surface area contributed by atoms with Crippen molar-refractivity contribution in [2.24, 2.45) is 0 Å². The van der Waals surface area contributed by atoms with Gasteiger partial charge in [0.1, 0.15) is 11.9 Å². The molecule has 0 unspecified atom stereocenters. The molecule has 0 spiro atoms. The highest BCUT2D eigenvalue weighted by Gasteiger charge is 2.26. The van der Waals surface area contributed by atoms with Gasteiger partial charge in [0.05, 0.1) is 12.2 Å². The zero-order valence-corrected chi connectivity index (χ0v) is 10.4. The number of hydrogen-bond acceptors (Lipinski definition) is 4. The molecule has 0 saturated heterocycles. The van der Waals surface area contributed by atoms with Crippen molar-refractivity contribution in [3.8, 4) is 0 Å². The molecule has 0 saturated carbocycles. The SMILES string of the molecule is CC(C)(C)OC(=O)N1CCc2cncnc2C1.